The molecule has 14 heavy (non-hydrogen) atoms. The van der Waals surface area contributed by atoms with E-state index in [1.54, 1.807) is 0 Å². The summed E-state index contributed by atoms with van der Waals surface area (Å²) in [5.41, 5.74) is 0. The molecule has 0 fully saturated rings. The number of halogens is 1. The van der Waals surface area contributed by atoms with Gasteiger partial charge in [0.15, 0.2) is 0 Å². The molecule has 0 radical (unpaired) electrons. The van der Waals surface area contributed by atoms with Gasteiger partial charge in [0, 0.05) is 0 Å². The zero-order valence-electron chi connectivity index (χ0n) is 9.12. The summed E-state index contributed by atoms with van der Waals surface area (Å²) in [6, 6.07) is 0. The smallest absolute Gasteiger partial charge is 1.00 e. The van der Waals surface area contributed by atoms with E-state index < -0.39 is 0 Å². The Morgan fingerprint density at radius 3 is 0.286 bits per heavy atom. The average Bonchev–Trinajstić information content (AvgIpc) is 0. The minimum Gasteiger partial charge on any atom is -1.00 e. The maximum Gasteiger partial charge on any atom is 2.00 e. The van der Waals surface area contributed by atoms with Gasteiger partial charge in [0.25, 0.3) is 0 Å². The van der Waals surface area contributed by atoms with E-state index in [0.29, 0.717) is 0 Å². The molecule has 0 saturated heterocycles. The first-order valence-corrected chi connectivity index (χ1v) is 0. The summed E-state index contributed by atoms with van der Waals surface area (Å²) < 4.78 is 0. The van der Waals surface area contributed by atoms with Crippen LogP contribution in [0.2, 0.25) is 0 Å². The fraction of sp³-hybridized carbons (Fsp3) is 0. The Balaban J connectivity index is 0. The molecule has 0 aromatic heterocycles. The van der Waals surface area contributed by atoms with E-state index in [4.69, 9.17) is 0 Å². The predicted octanol–water partition coefficient (Wildman–Crippen LogP) is -9.63. The summed E-state index contributed by atoms with van der Waals surface area (Å²) >= 11 is 0. The molecular weight excluding hydrogens is 268 g/mol. The van der Waals surface area contributed by atoms with Crippen molar-refractivity contribution in [1.82, 2.24) is 0 Å². The second-order valence-corrected chi connectivity index (χ2v) is 0. The van der Waals surface area contributed by atoms with Gasteiger partial charge in [-0.05, 0) is 0 Å². The second-order valence-electron chi connectivity index (χ2n) is 0. The number of hydrogen-bond donors (Lipinski definition) is 0. The molecule has 0 bridgehead atoms. The van der Waals surface area contributed by atoms with Crippen molar-refractivity contribution in [3.05, 3.63) is 0 Å². The van der Waals surface area contributed by atoms with E-state index in [0.717, 1.165) is 0 Å². The van der Waals surface area contributed by atoms with Crippen molar-refractivity contribution in [2.24, 2.45) is 0 Å². The topological polar surface area (TPSA) is 378 Å². The van der Waals surface area contributed by atoms with Crippen molar-refractivity contribution in [2.45, 2.75) is 0 Å². The van der Waals surface area contributed by atoms with Gasteiger partial charge in [0.2, 0.25) is 0 Å². The predicted molar refractivity (Wildman–Crippen MR) is 58.6 cm³/mol. The van der Waals surface area contributed by atoms with Crippen LogP contribution in [-0.2, 0) is 0 Å². The van der Waals surface area contributed by atoms with Gasteiger partial charge in [-0.15, -0.1) is 12.4 Å². The molecule has 12 nitrogen and oxygen atoms in total. The van der Waals surface area contributed by atoms with Gasteiger partial charge in [-0.2, -0.15) is 0 Å². The molecule has 0 spiro atoms. The molecule has 14 heteroatoms. The van der Waals surface area contributed by atoms with Gasteiger partial charge in [-0.25, -0.2) is 0 Å². The SMILES string of the molecule is Cl.O.O.O.O.O.O.O.O.O.O.O.O.[Ca+2].[H-].[H-]. The van der Waals surface area contributed by atoms with Gasteiger partial charge in [0.05, 0.1) is 0 Å². The van der Waals surface area contributed by atoms with Gasteiger partial charge in [-0.3, -0.25) is 0 Å². The van der Waals surface area contributed by atoms with Crippen LogP contribution in [0.25, 0.3) is 0 Å². The molecule has 108 valence electrons. The number of rotatable bonds is 0. The monoisotopic (exact) mass is 294 g/mol. The third-order valence-electron chi connectivity index (χ3n) is 0. The van der Waals surface area contributed by atoms with E-state index in [9.17, 15) is 0 Å². The molecule has 0 atom stereocenters. The Morgan fingerprint density at radius 1 is 0.286 bits per heavy atom. The Hall–Kier alpha value is 1.07. The molecule has 0 rings (SSSR count). The van der Waals surface area contributed by atoms with Crippen LogP contribution >= 0.6 is 12.4 Å². The van der Waals surface area contributed by atoms with Crippen molar-refractivity contribution in [1.29, 1.82) is 0 Å². The molecule has 0 aliphatic heterocycles. The molecule has 0 unspecified atom stereocenters. The second kappa shape index (κ2) is 2100. The summed E-state index contributed by atoms with van der Waals surface area (Å²) in [7, 11) is 0. The normalized spacial score (nSPS) is 0. The standard InChI is InChI=1S/Ca.ClH.12H2O.2H/h;1H;12*1H2;;/q+2;;;;;;;;;;;;;;2*-1. The van der Waals surface area contributed by atoms with Crippen LogP contribution in [0, 0.1) is 0 Å². The third kappa shape index (κ3) is 1660. The van der Waals surface area contributed by atoms with Crippen LogP contribution < -0.4 is 0 Å². The van der Waals surface area contributed by atoms with Crippen LogP contribution in [0.4, 0.5) is 0 Å². The molecule has 0 aliphatic carbocycles. The van der Waals surface area contributed by atoms with Crippen molar-refractivity contribution in [2.75, 3.05) is 0 Å². The first kappa shape index (κ1) is 2610. The fourth-order valence-corrected chi connectivity index (χ4v) is 0. The minimum absolute atomic E-state index is 0. The molecule has 0 aliphatic rings. The zero-order valence-corrected chi connectivity index (χ0v) is 10.1. The fourth-order valence-electron chi connectivity index (χ4n) is 0. The molecule has 0 aromatic carbocycles. The molecule has 24 N–H and O–H groups in total. The van der Waals surface area contributed by atoms with E-state index in [2.05, 4.69) is 0 Å². The Morgan fingerprint density at radius 2 is 0.286 bits per heavy atom. The average molecular weight is 295 g/mol. The maximum absolute atomic E-state index is 0. The van der Waals surface area contributed by atoms with Gasteiger partial charge in [0.1, 0.15) is 0 Å². The summed E-state index contributed by atoms with van der Waals surface area (Å²) in [6.45, 7) is 0. The van der Waals surface area contributed by atoms with Crippen molar-refractivity contribution < 1.29 is 68.6 Å². The minimum atomic E-state index is 0. The third-order valence-corrected chi connectivity index (χ3v) is 0. The molecule has 0 aromatic rings. The first-order chi connectivity index (χ1) is 0. The molecular formula is H27CaClO12. The summed E-state index contributed by atoms with van der Waals surface area (Å²) in [5.74, 6) is 0. The van der Waals surface area contributed by atoms with E-state index >= 15 is 0 Å². The number of hydrogen-bond acceptors (Lipinski definition) is 0. The summed E-state index contributed by atoms with van der Waals surface area (Å²) in [6.07, 6.45) is 0. The van der Waals surface area contributed by atoms with Crippen molar-refractivity contribution >= 4 is 50.1 Å². The van der Waals surface area contributed by atoms with Gasteiger partial charge in [-0.1, -0.05) is 0 Å². The van der Waals surface area contributed by atoms with E-state index in [1.807, 2.05) is 0 Å². The molecule has 0 saturated carbocycles. The van der Waals surface area contributed by atoms with Crippen LogP contribution in [0.5, 0.6) is 0 Å². The summed E-state index contributed by atoms with van der Waals surface area (Å²) in [5, 5.41) is 0. The van der Waals surface area contributed by atoms with E-state index in [1.165, 1.54) is 0 Å². The summed E-state index contributed by atoms with van der Waals surface area (Å²) in [4.78, 5) is 0. The van der Waals surface area contributed by atoms with Crippen molar-refractivity contribution in [3.63, 3.8) is 0 Å². The molecule has 0 amide bonds. The quantitative estimate of drug-likeness (QED) is 0.375. The Kier molecular flexibility index (Phi) is 391000. The maximum atomic E-state index is 0. The Labute approximate surface area is 118 Å². The van der Waals surface area contributed by atoms with Crippen LogP contribution in [0.15, 0.2) is 0 Å². The van der Waals surface area contributed by atoms with Gasteiger partial charge >= 0.3 is 37.7 Å². The molecule has 0 heterocycles. The van der Waals surface area contributed by atoms with Crippen LogP contribution in [0.1, 0.15) is 2.85 Å². The van der Waals surface area contributed by atoms with Crippen LogP contribution in [-0.4, -0.2) is 103 Å². The largest absolute Gasteiger partial charge is 2.00 e. The van der Waals surface area contributed by atoms with E-state index in [-0.39, 0.29) is 119 Å². The first-order valence-electron chi connectivity index (χ1n) is 0. The van der Waals surface area contributed by atoms with Crippen molar-refractivity contribution in [3.8, 4) is 0 Å². The van der Waals surface area contributed by atoms with Gasteiger partial charge < -0.3 is 68.6 Å². The van der Waals surface area contributed by atoms with Crippen LogP contribution in [0.3, 0.4) is 0 Å². The Bertz CT molecular complexity index is 19.0. The zero-order chi connectivity index (χ0) is 0.